The van der Waals surface area contributed by atoms with E-state index in [1.54, 1.807) is 7.11 Å². The first-order valence-electron chi connectivity index (χ1n) is 6.81. The minimum atomic E-state index is -0.184. The van der Waals surface area contributed by atoms with Crippen LogP contribution in [0.15, 0.2) is 24.3 Å². The van der Waals surface area contributed by atoms with Gasteiger partial charge in [-0.2, -0.15) is 0 Å². The molecule has 0 amide bonds. The molecule has 19 heavy (non-hydrogen) atoms. The summed E-state index contributed by atoms with van der Waals surface area (Å²) in [5, 5.41) is 2.27. The van der Waals surface area contributed by atoms with Gasteiger partial charge in [-0.05, 0) is 30.5 Å². The maximum absolute atomic E-state index is 12.1. The molecule has 0 radical (unpaired) electrons. The molecule has 1 fully saturated rings. The summed E-state index contributed by atoms with van der Waals surface area (Å²) in [7, 11) is 3.10. The van der Waals surface area contributed by atoms with Gasteiger partial charge in [0.05, 0.1) is 20.8 Å². The van der Waals surface area contributed by atoms with Crippen LogP contribution >= 0.6 is 0 Å². The Morgan fingerprint density at radius 3 is 2.53 bits per heavy atom. The molecule has 1 aliphatic heterocycles. The molecule has 104 valence electrons. The van der Waals surface area contributed by atoms with Crippen LogP contribution in [0.5, 0.6) is 5.75 Å². The molecular formula is C15H22NO3+. The predicted octanol–water partition coefficient (Wildman–Crippen LogP) is 1.07. The Morgan fingerprint density at radius 2 is 2.00 bits per heavy atom. The average molecular weight is 264 g/mol. The van der Waals surface area contributed by atoms with Gasteiger partial charge in [-0.1, -0.05) is 12.1 Å². The minimum Gasteiger partial charge on any atom is -0.497 e. The Morgan fingerprint density at radius 1 is 1.26 bits per heavy atom. The van der Waals surface area contributed by atoms with E-state index < -0.39 is 0 Å². The molecule has 4 heteroatoms. The smallest absolute Gasteiger partial charge is 0.319 e. The highest BCUT2D eigenvalue weighted by molar-refractivity contribution is 5.78. The molecule has 1 aromatic carbocycles. The van der Waals surface area contributed by atoms with Crippen molar-refractivity contribution in [1.29, 1.82) is 0 Å². The number of methoxy groups -OCH3 is 2. The number of hydrogen-bond donors (Lipinski definition) is 1. The summed E-state index contributed by atoms with van der Waals surface area (Å²) in [6.45, 7) is 1.09. The quantitative estimate of drug-likeness (QED) is 0.828. The Hall–Kier alpha value is -1.55. The van der Waals surface area contributed by atoms with Crippen LogP contribution in [0.1, 0.15) is 30.7 Å². The summed E-state index contributed by atoms with van der Waals surface area (Å²) in [5.74, 6) is 0.476. The van der Waals surface area contributed by atoms with Crippen molar-refractivity contribution in [1.82, 2.24) is 0 Å². The lowest BCUT2D eigenvalue weighted by atomic mass is 9.86. The van der Waals surface area contributed by atoms with E-state index in [1.165, 1.54) is 20.0 Å². The molecule has 0 saturated carbocycles. The van der Waals surface area contributed by atoms with E-state index in [4.69, 9.17) is 9.47 Å². The number of carbonyl (C=O) groups excluding carboxylic acids is 1. The molecule has 1 aliphatic rings. The molecule has 0 unspecified atom stereocenters. The van der Waals surface area contributed by atoms with E-state index in [-0.39, 0.29) is 17.9 Å². The molecule has 1 saturated heterocycles. The zero-order valence-electron chi connectivity index (χ0n) is 11.6. The Balaban J connectivity index is 2.22. The van der Waals surface area contributed by atoms with Gasteiger partial charge >= 0.3 is 5.97 Å². The van der Waals surface area contributed by atoms with Gasteiger partial charge in [0.15, 0.2) is 0 Å². The van der Waals surface area contributed by atoms with Crippen molar-refractivity contribution < 1.29 is 19.6 Å². The first-order chi connectivity index (χ1) is 9.26. The predicted molar refractivity (Wildman–Crippen MR) is 72.2 cm³/mol. The van der Waals surface area contributed by atoms with Crippen molar-refractivity contribution in [3.63, 3.8) is 0 Å². The number of quaternary nitrogens is 1. The van der Waals surface area contributed by atoms with Crippen LogP contribution in [-0.4, -0.2) is 32.8 Å². The maximum Gasteiger partial charge on any atom is 0.319 e. The number of carbonyl (C=O) groups is 1. The van der Waals surface area contributed by atoms with E-state index in [9.17, 15) is 4.79 Å². The molecule has 2 atom stereocenters. The molecule has 4 nitrogen and oxygen atoms in total. The Labute approximate surface area is 114 Å². The van der Waals surface area contributed by atoms with E-state index in [0.717, 1.165) is 24.3 Å². The second kappa shape index (κ2) is 6.57. The van der Waals surface area contributed by atoms with Gasteiger partial charge in [-0.3, -0.25) is 4.79 Å². The first kappa shape index (κ1) is 13.9. The topological polar surface area (TPSA) is 52.1 Å². The number of ether oxygens (including phenoxy) is 2. The highest BCUT2D eigenvalue weighted by atomic mass is 16.5. The van der Waals surface area contributed by atoms with Crippen LogP contribution in [-0.2, 0) is 9.53 Å². The van der Waals surface area contributed by atoms with Crippen molar-refractivity contribution in [2.75, 3.05) is 20.8 Å². The van der Waals surface area contributed by atoms with E-state index in [1.807, 2.05) is 24.3 Å². The molecule has 0 spiro atoms. The van der Waals surface area contributed by atoms with Gasteiger partial charge in [0.25, 0.3) is 0 Å². The highest BCUT2D eigenvalue weighted by Crippen LogP contribution is 2.25. The standard InChI is InChI=1S/C15H21NO3/c1-18-12-8-6-11(7-9-12)14(15(17)19-2)13-5-3-4-10-16-13/h6-9,13-14,16H,3-5,10H2,1-2H3/p+1/t13-,14-/m1/s1. The van der Waals surface area contributed by atoms with Crippen LogP contribution < -0.4 is 10.1 Å². The summed E-state index contributed by atoms with van der Waals surface area (Å²) in [5.41, 5.74) is 1.01. The number of rotatable bonds is 4. The molecule has 1 heterocycles. The number of esters is 1. The average Bonchev–Trinajstić information content (AvgIpc) is 2.49. The fourth-order valence-corrected chi connectivity index (χ4v) is 2.77. The summed E-state index contributed by atoms with van der Waals surface area (Å²) in [6, 6.07) is 8.00. The highest BCUT2D eigenvalue weighted by Gasteiger charge is 2.34. The molecule has 2 rings (SSSR count). The van der Waals surface area contributed by atoms with Crippen LogP contribution in [0.25, 0.3) is 0 Å². The summed E-state index contributed by atoms with van der Waals surface area (Å²) < 4.78 is 10.1. The number of hydrogen-bond acceptors (Lipinski definition) is 3. The minimum absolute atomic E-state index is 0.145. The van der Waals surface area contributed by atoms with E-state index >= 15 is 0 Å². The zero-order chi connectivity index (χ0) is 13.7. The van der Waals surface area contributed by atoms with Crippen molar-refractivity contribution >= 4 is 5.97 Å². The monoisotopic (exact) mass is 264 g/mol. The fraction of sp³-hybridized carbons (Fsp3) is 0.533. The second-order valence-corrected chi connectivity index (χ2v) is 4.96. The summed E-state index contributed by atoms with van der Waals surface area (Å²) in [4.78, 5) is 12.1. The number of piperidine rings is 1. The lowest BCUT2D eigenvalue weighted by molar-refractivity contribution is -0.698. The van der Waals surface area contributed by atoms with Crippen molar-refractivity contribution in [2.45, 2.75) is 31.2 Å². The van der Waals surface area contributed by atoms with Crippen LogP contribution in [0.3, 0.4) is 0 Å². The van der Waals surface area contributed by atoms with Crippen molar-refractivity contribution in [3.05, 3.63) is 29.8 Å². The van der Waals surface area contributed by atoms with E-state index in [2.05, 4.69) is 5.32 Å². The molecule has 1 aromatic rings. The van der Waals surface area contributed by atoms with Crippen LogP contribution in [0.2, 0.25) is 0 Å². The van der Waals surface area contributed by atoms with Gasteiger partial charge in [-0.15, -0.1) is 0 Å². The van der Waals surface area contributed by atoms with Gasteiger partial charge < -0.3 is 14.8 Å². The van der Waals surface area contributed by atoms with Crippen molar-refractivity contribution in [2.24, 2.45) is 0 Å². The van der Waals surface area contributed by atoms with Crippen molar-refractivity contribution in [3.8, 4) is 5.75 Å². The lowest BCUT2D eigenvalue weighted by Gasteiger charge is -2.27. The van der Waals surface area contributed by atoms with Gasteiger partial charge in [0, 0.05) is 6.42 Å². The molecular weight excluding hydrogens is 242 g/mol. The first-order valence-corrected chi connectivity index (χ1v) is 6.81. The third kappa shape index (κ3) is 3.26. The van der Waals surface area contributed by atoms with Crippen LogP contribution in [0.4, 0.5) is 0 Å². The Bertz CT molecular complexity index is 410. The molecule has 0 bridgehead atoms. The van der Waals surface area contributed by atoms with Crippen LogP contribution in [0, 0.1) is 0 Å². The molecule has 0 aliphatic carbocycles. The van der Waals surface area contributed by atoms with Gasteiger partial charge in [0.1, 0.15) is 17.7 Å². The molecule has 0 aromatic heterocycles. The number of nitrogens with two attached hydrogens (primary N) is 1. The van der Waals surface area contributed by atoms with Gasteiger partial charge in [0.2, 0.25) is 0 Å². The van der Waals surface area contributed by atoms with E-state index in [0.29, 0.717) is 0 Å². The second-order valence-electron chi connectivity index (χ2n) is 4.96. The lowest BCUT2D eigenvalue weighted by Crippen LogP contribution is -2.92. The Kier molecular flexibility index (Phi) is 4.80. The largest absolute Gasteiger partial charge is 0.497 e. The third-order valence-electron chi connectivity index (χ3n) is 3.82. The van der Waals surface area contributed by atoms with Gasteiger partial charge in [-0.25, -0.2) is 0 Å². The fourth-order valence-electron chi connectivity index (χ4n) is 2.77. The molecule has 2 N–H and O–H groups in total. The maximum atomic E-state index is 12.1. The summed E-state index contributed by atoms with van der Waals surface area (Å²) in [6.07, 6.45) is 3.48. The summed E-state index contributed by atoms with van der Waals surface area (Å²) >= 11 is 0. The normalized spacial score (nSPS) is 20.6. The zero-order valence-corrected chi connectivity index (χ0v) is 11.6. The third-order valence-corrected chi connectivity index (χ3v) is 3.82. The SMILES string of the molecule is COC(=O)[C@H](c1ccc(OC)cc1)[C@H]1CCCC[NH2+]1. The number of benzene rings is 1.